The van der Waals surface area contributed by atoms with Gasteiger partial charge in [-0.15, -0.1) is 0 Å². The Kier molecular flexibility index (Phi) is 6.08. The zero-order valence-corrected chi connectivity index (χ0v) is 17.1. The van der Waals surface area contributed by atoms with Gasteiger partial charge in [0.25, 0.3) is 11.5 Å². The molecule has 0 saturated heterocycles. The first-order valence-electron chi connectivity index (χ1n) is 9.68. The lowest BCUT2D eigenvalue weighted by atomic mass is 10.1. The maximum absolute atomic E-state index is 15.0. The zero-order chi connectivity index (χ0) is 24.2. The molecule has 0 unspecified atom stereocenters. The molecule has 2 heterocycles. The number of H-pyrrole nitrogens is 1. The largest absolute Gasteiger partial charge is 0.447 e. The van der Waals surface area contributed by atoms with Crippen LogP contribution in [0.4, 0.5) is 25.8 Å². The van der Waals surface area contributed by atoms with E-state index < -0.39 is 33.7 Å². The van der Waals surface area contributed by atoms with Crippen LogP contribution in [0, 0.1) is 21.7 Å². The predicted octanol–water partition coefficient (Wildman–Crippen LogP) is 4.73. The van der Waals surface area contributed by atoms with Crippen LogP contribution in [0.1, 0.15) is 10.4 Å². The fraction of sp³-hybridized carbons (Fsp3) is 0. The maximum Gasteiger partial charge on any atom is 0.329 e. The van der Waals surface area contributed by atoms with E-state index in [4.69, 9.17) is 4.74 Å². The topological polar surface area (TPSA) is 118 Å². The first-order valence-corrected chi connectivity index (χ1v) is 9.68. The number of benzene rings is 2. The first-order chi connectivity index (χ1) is 16.3. The fourth-order valence-electron chi connectivity index (χ4n) is 3.11. The third kappa shape index (κ3) is 4.48. The second-order valence-corrected chi connectivity index (χ2v) is 6.85. The number of nitrogens with one attached hydrogen (secondary N) is 1. The van der Waals surface area contributed by atoms with Crippen LogP contribution in [0.5, 0.6) is 11.5 Å². The summed E-state index contributed by atoms with van der Waals surface area (Å²) < 4.78 is 33.8. The van der Waals surface area contributed by atoms with Crippen molar-refractivity contribution in [2.45, 2.75) is 0 Å². The van der Waals surface area contributed by atoms with Gasteiger partial charge in [0.2, 0.25) is 5.75 Å². The Labute approximate surface area is 190 Å². The predicted molar refractivity (Wildman–Crippen MR) is 117 cm³/mol. The number of aromatic nitrogens is 2. The van der Waals surface area contributed by atoms with Crippen molar-refractivity contribution in [2.75, 3.05) is 4.90 Å². The van der Waals surface area contributed by atoms with Crippen molar-refractivity contribution in [3.63, 3.8) is 0 Å². The number of nitrogens with zero attached hydrogens (tertiary/aromatic N) is 3. The molecule has 0 fully saturated rings. The summed E-state index contributed by atoms with van der Waals surface area (Å²) in [6.45, 7) is 0. The van der Waals surface area contributed by atoms with Crippen LogP contribution >= 0.6 is 0 Å². The van der Waals surface area contributed by atoms with Gasteiger partial charge in [0.05, 0.1) is 10.6 Å². The Morgan fingerprint density at radius 1 is 1.03 bits per heavy atom. The smallest absolute Gasteiger partial charge is 0.329 e. The minimum atomic E-state index is -0.939. The Morgan fingerprint density at radius 2 is 1.76 bits per heavy atom. The Morgan fingerprint density at radius 3 is 2.44 bits per heavy atom. The summed E-state index contributed by atoms with van der Waals surface area (Å²) in [4.78, 5) is 42.9. The molecule has 0 radical (unpaired) electrons. The number of anilines is 2. The second kappa shape index (κ2) is 9.28. The van der Waals surface area contributed by atoms with E-state index in [0.717, 1.165) is 29.3 Å². The van der Waals surface area contributed by atoms with Crippen LogP contribution < -0.4 is 15.2 Å². The average Bonchev–Trinajstić information content (AvgIpc) is 2.82. The van der Waals surface area contributed by atoms with Crippen molar-refractivity contribution in [2.24, 2.45) is 0 Å². The number of rotatable bonds is 6. The van der Waals surface area contributed by atoms with E-state index in [2.05, 4.69) is 9.97 Å². The summed E-state index contributed by atoms with van der Waals surface area (Å²) in [7, 11) is 0. The normalized spacial score (nSPS) is 10.5. The quantitative estimate of drug-likeness (QED) is 0.326. The van der Waals surface area contributed by atoms with E-state index in [0.29, 0.717) is 0 Å². The maximum atomic E-state index is 15.0. The van der Waals surface area contributed by atoms with E-state index in [-0.39, 0.29) is 28.4 Å². The second-order valence-electron chi connectivity index (χ2n) is 6.85. The molecule has 0 aliphatic heterocycles. The number of amides is 1. The van der Waals surface area contributed by atoms with Gasteiger partial charge in [-0.25, -0.2) is 8.78 Å². The van der Waals surface area contributed by atoms with Crippen molar-refractivity contribution in [3.8, 4) is 11.5 Å². The number of nitro groups is 1. The number of hydrogen-bond acceptors (Lipinski definition) is 6. The molecule has 11 heteroatoms. The monoisotopic (exact) mass is 464 g/mol. The highest BCUT2D eigenvalue weighted by Gasteiger charge is 2.24. The highest BCUT2D eigenvalue weighted by atomic mass is 19.1. The highest BCUT2D eigenvalue weighted by Crippen LogP contribution is 2.35. The summed E-state index contributed by atoms with van der Waals surface area (Å²) in [6, 6.07) is 12.2. The number of carbonyl (C=O) groups is 1. The number of ether oxygens (including phenoxy) is 1. The van der Waals surface area contributed by atoms with E-state index >= 15 is 0 Å². The van der Waals surface area contributed by atoms with Crippen molar-refractivity contribution < 1.29 is 23.2 Å². The van der Waals surface area contributed by atoms with Crippen LogP contribution in [-0.4, -0.2) is 20.8 Å². The van der Waals surface area contributed by atoms with Gasteiger partial charge in [-0.2, -0.15) is 0 Å². The van der Waals surface area contributed by atoms with Gasteiger partial charge in [0.1, 0.15) is 17.6 Å². The average molecular weight is 464 g/mol. The number of carbonyl (C=O) groups excluding carboxylic acids is 1. The van der Waals surface area contributed by atoms with Crippen LogP contribution in [0.2, 0.25) is 0 Å². The van der Waals surface area contributed by atoms with Crippen LogP contribution in [-0.2, 0) is 0 Å². The lowest BCUT2D eigenvalue weighted by Crippen LogP contribution is -2.31. The van der Waals surface area contributed by atoms with E-state index in [1.165, 1.54) is 54.9 Å². The molecule has 0 bridgehead atoms. The summed E-state index contributed by atoms with van der Waals surface area (Å²) >= 11 is 0. The lowest BCUT2D eigenvalue weighted by molar-refractivity contribution is -0.386. The van der Waals surface area contributed by atoms with Crippen LogP contribution in [0.15, 0.2) is 84.0 Å². The van der Waals surface area contributed by atoms with E-state index in [9.17, 15) is 28.5 Å². The molecule has 0 atom stereocenters. The fourth-order valence-corrected chi connectivity index (χ4v) is 3.11. The Balaban J connectivity index is 1.76. The summed E-state index contributed by atoms with van der Waals surface area (Å²) in [5, 5.41) is 11.2. The van der Waals surface area contributed by atoms with Crippen LogP contribution in [0.25, 0.3) is 0 Å². The third-order valence-corrected chi connectivity index (χ3v) is 4.69. The van der Waals surface area contributed by atoms with Crippen molar-refractivity contribution in [3.05, 3.63) is 117 Å². The van der Waals surface area contributed by atoms with Gasteiger partial charge in [-0.1, -0.05) is 0 Å². The van der Waals surface area contributed by atoms with Crippen molar-refractivity contribution in [1.29, 1.82) is 0 Å². The molecular formula is C23H14F2N4O5. The molecule has 170 valence electrons. The van der Waals surface area contributed by atoms with E-state index in [1.54, 1.807) is 0 Å². The van der Waals surface area contributed by atoms with Gasteiger partial charge in [-0.3, -0.25) is 29.6 Å². The molecular weight excluding hydrogens is 450 g/mol. The molecule has 1 amide bonds. The zero-order valence-electron chi connectivity index (χ0n) is 17.1. The van der Waals surface area contributed by atoms with Gasteiger partial charge in [0, 0.05) is 30.2 Å². The number of aromatic amines is 1. The molecule has 0 aliphatic carbocycles. The minimum Gasteiger partial charge on any atom is -0.447 e. The lowest BCUT2D eigenvalue weighted by Gasteiger charge is -2.23. The molecule has 4 aromatic rings. The number of hydrogen-bond donors (Lipinski definition) is 1. The van der Waals surface area contributed by atoms with Crippen LogP contribution in [0.3, 0.4) is 0 Å². The van der Waals surface area contributed by atoms with Crippen molar-refractivity contribution >= 4 is 23.0 Å². The molecule has 4 rings (SSSR count). The molecule has 0 saturated carbocycles. The van der Waals surface area contributed by atoms with Crippen molar-refractivity contribution in [1.82, 2.24) is 9.97 Å². The van der Waals surface area contributed by atoms with Gasteiger partial charge in [0.15, 0.2) is 11.6 Å². The molecule has 1 N–H and O–H groups in total. The molecule has 2 aromatic carbocycles. The molecule has 34 heavy (non-hydrogen) atoms. The van der Waals surface area contributed by atoms with E-state index in [1.807, 2.05) is 0 Å². The minimum absolute atomic E-state index is 0.00828. The first kappa shape index (κ1) is 22.3. The van der Waals surface area contributed by atoms with Gasteiger partial charge < -0.3 is 9.72 Å². The molecule has 2 aromatic heterocycles. The summed E-state index contributed by atoms with van der Waals surface area (Å²) in [5.74, 6) is -2.85. The molecule has 9 nitrogen and oxygen atoms in total. The number of pyridine rings is 2. The summed E-state index contributed by atoms with van der Waals surface area (Å²) in [5.41, 5.74) is -1.16. The molecule has 0 aliphatic rings. The summed E-state index contributed by atoms with van der Waals surface area (Å²) in [6.07, 6.45) is 3.57. The Bertz CT molecular complexity index is 1440. The SMILES string of the molecule is O=C(c1ccc[nH]c1=O)N(c1ccc(F)cc1)c1ccc(Oc2ccncc2[N+](=O)[O-])c(F)c1. The standard InChI is InChI=1S/C23H14F2N4O5/c24-14-3-5-15(6-4-14)28(23(31)17-2-1-10-27-22(17)30)16-7-8-20(18(25)12-16)34-21-9-11-26-13-19(21)29(32)33/h1-13H,(H,27,30). The number of halogens is 2. The third-order valence-electron chi connectivity index (χ3n) is 4.69. The van der Waals surface area contributed by atoms with Gasteiger partial charge in [-0.05, 0) is 48.5 Å². The Hall–Kier alpha value is -4.93. The van der Waals surface area contributed by atoms with Gasteiger partial charge >= 0.3 is 5.69 Å². The highest BCUT2D eigenvalue weighted by molar-refractivity contribution is 6.10. The molecule has 0 spiro atoms.